The molecular formula is C26H17IO. The van der Waals surface area contributed by atoms with Gasteiger partial charge in [0.15, 0.2) is 5.78 Å². The van der Waals surface area contributed by atoms with Crippen molar-refractivity contribution in [3.8, 4) is 11.8 Å². The molecule has 0 aliphatic carbocycles. The lowest BCUT2D eigenvalue weighted by Gasteiger charge is -2.11. The smallest absolute Gasteiger partial charge is 0.194 e. The lowest BCUT2D eigenvalue weighted by Crippen LogP contribution is -2.07. The predicted molar refractivity (Wildman–Crippen MR) is 124 cm³/mol. The van der Waals surface area contributed by atoms with Crippen molar-refractivity contribution in [3.05, 3.63) is 116 Å². The van der Waals surface area contributed by atoms with Gasteiger partial charge in [-0.3, -0.25) is 4.79 Å². The Balaban J connectivity index is 1.95. The highest BCUT2D eigenvalue weighted by Crippen LogP contribution is 2.29. The van der Waals surface area contributed by atoms with E-state index in [1.54, 1.807) is 0 Å². The van der Waals surface area contributed by atoms with E-state index >= 15 is 0 Å². The Labute approximate surface area is 178 Å². The molecule has 4 rings (SSSR count). The number of rotatable bonds is 2. The first-order valence-corrected chi connectivity index (χ1v) is 10.1. The number of carbonyl (C=O) groups excluding carboxylic acids is 1. The molecule has 0 heterocycles. The number of fused-ring (bicyclic) bond motifs is 1. The van der Waals surface area contributed by atoms with Crippen molar-refractivity contribution < 1.29 is 4.79 Å². The van der Waals surface area contributed by atoms with Crippen LogP contribution < -0.4 is 0 Å². The number of halogens is 1. The second-order valence-electron chi connectivity index (χ2n) is 6.64. The van der Waals surface area contributed by atoms with Crippen molar-refractivity contribution in [3.63, 3.8) is 0 Å². The maximum absolute atomic E-state index is 13.5. The third-order valence-electron chi connectivity index (χ3n) is 4.65. The second-order valence-corrected chi connectivity index (χ2v) is 7.80. The van der Waals surface area contributed by atoms with Gasteiger partial charge in [-0.05, 0) is 58.5 Å². The molecule has 0 spiro atoms. The van der Waals surface area contributed by atoms with E-state index in [1.807, 2.05) is 85.8 Å². The van der Waals surface area contributed by atoms with Gasteiger partial charge >= 0.3 is 0 Å². The first kappa shape index (κ1) is 18.5. The monoisotopic (exact) mass is 472 g/mol. The summed E-state index contributed by atoms with van der Waals surface area (Å²) in [7, 11) is 0. The third kappa shape index (κ3) is 3.72. The minimum absolute atomic E-state index is 0.00655. The molecule has 134 valence electrons. The third-order valence-corrected chi connectivity index (χ3v) is 5.50. The van der Waals surface area contributed by atoms with E-state index in [0.717, 1.165) is 31.0 Å². The quantitative estimate of drug-likeness (QED) is 0.188. The van der Waals surface area contributed by atoms with Crippen LogP contribution >= 0.6 is 22.6 Å². The Hall–Kier alpha value is -2.90. The summed E-state index contributed by atoms with van der Waals surface area (Å²) in [4.78, 5) is 13.5. The zero-order valence-electron chi connectivity index (χ0n) is 15.4. The van der Waals surface area contributed by atoms with E-state index < -0.39 is 0 Å². The molecule has 0 saturated heterocycles. The maximum atomic E-state index is 13.5. The molecule has 0 radical (unpaired) electrons. The minimum Gasteiger partial charge on any atom is -0.289 e. The van der Waals surface area contributed by atoms with E-state index in [-0.39, 0.29) is 5.78 Å². The summed E-state index contributed by atoms with van der Waals surface area (Å²) in [6.45, 7) is 2.02. The summed E-state index contributed by atoms with van der Waals surface area (Å²) in [5, 5.41) is 1.98. The van der Waals surface area contributed by atoms with E-state index in [0.29, 0.717) is 11.1 Å². The Bertz CT molecular complexity index is 1230. The first-order chi connectivity index (χ1) is 13.6. The van der Waals surface area contributed by atoms with Gasteiger partial charge < -0.3 is 0 Å². The zero-order chi connectivity index (χ0) is 19.5. The molecule has 4 aromatic carbocycles. The lowest BCUT2D eigenvalue weighted by molar-refractivity contribution is 0.104. The molecule has 4 aromatic rings. The van der Waals surface area contributed by atoms with Crippen LogP contribution in [0.4, 0.5) is 0 Å². The predicted octanol–water partition coefficient (Wildman–Crippen LogP) is 6.38. The summed E-state index contributed by atoms with van der Waals surface area (Å²) in [5.74, 6) is 6.50. The number of carbonyl (C=O) groups is 1. The topological polar surface area (TPSA) is 17.1 Å². The van der Waals surface area contributed by atoms with Crippen molar-refractivity contribution in [1.29, 1.82) is 0 Å². The molecule has 0 unspecified atom stereocenters. The molecule has 0 amide bonds. The highest BCUT2D eigenvalue weighted by molar-refractivity contribution is 14.1. The average molecular weight is 472 g/mol. The van der Waals surface area contributed by atoms with E-state index in [4.69, 9.17) is 0 Å². The normalized spacial score (nSPS) is 10.4. The summed E-state index contributed by atoms with van der Waals surface area (Å²) < 4.78 is 0.982. The highest BCUT2D eigenvalue weighted by Gasteiger charge is 2.19. The van der Waals surface area contributed by atoms with Crippen LogP contribution in [0.1, 0.15) is 32.6 Å². The lowest BCUT2D eigenvalue weighted by atomic mass is 9.92. The van der Waals surface area contributed by atoms with Crippen molar-refractivity contribution in [2.24, 2.45) is 0 Å². The molecular weight excluding hydrogens is 455 g/mol. The van der Waals surface area contributed by atoms with Gasteiger partial charge in [-0.15, -0.1) is 0 Å². The van der Waals surface area contributed by atoms with Crippen LogP contribution in [0.3, 0.4) is 0 Å². The van der Waals surface area contributed by atoms with Gasteiger partial charge in [0.2, 0.25) is 0 Å². The largest absolute Gasteiger partial charge is 0.289 e. The van der Waals surface area contributed by atoms with Crippen LogP contribution in [0.2, 0.25) is 0 Å². The molecule has 0 atom stereocenters. The molecule has 0 bridgehead atoms. The average Bonchev–Trinajstić information content (AvgIpc) is 2.72. The van der Waals surface area contributed by atoms with Gasteiger partial charge in [0, 0.05) is 20.3 Å². The fourth-order valence-electron chi connectivity index (χ4n) is 3.18. The fraction of sp³-hybridized carbons (Fsp3) is 0.0385. The van der Waals surface area contributed by atoms with Crippen LogP contribution in [0.25, 0.3) is 10.8 Å². The summed E-state index contributed by atoms with van der Waals surface area (Å²) in [6.07, 6.45) is 0. The Kier molecular flexibility index (Phi) is 5.27. The van der Waals surface area contributed by atoms with Crippen LogP contribution in [0.5, 0.6) is 0 Å². The molecule has 2 heteroatoms. The first-order valence-electron chi connectivity index (χ1n) is 9.03. The summed E-state index contributed by atoms with van der Waals surface area (Å²) >= 11 is 2.28. The van der Waals surface area contributed by atoms with Gasteiger partial charge in [-0.2, -0.15) is 0 Å². The summed E-state index contributed by atoms with van der Waals surface area (Å²) in [5.41, 5.74) is 4.21. The van der Waals surface area contributed by atoms with Gasteiger partial charge in [0.1, 0.15) is 0 Å². The standard InChI is InChI=1S/C26H17IO/c1-18-11-14-20(15-12-18)26(28)25-22-10-6-5-9-21(22)17-24(27)23(25)16-13-19-7-3-2-4-8-19/h2-12,14-15,17H,1H3. The van der Waals surface area contributed by atoms with Crippen LogP contribution in [0.15, 0.2) is 84.9 Å². The minimum atomic E-state index is 0.00655. The number of hydrogen-bond donors (Lipinski definition) is 0. The Morgan fingerprint density at radius 2 is 1.50 bits per heavy atom. The van der Waals surface area contributed by atoms with Gasteiger partial charge in [-0.1, -0.05) is 84.1 Å². The zero-order valence-corrected chi connectivity index (χ0v) is 17.5. The van der Waals surface area contributed by atoms with Crippen molar-refractivity contribution in [1.82, 2.24) is 0 Å². The van der Waals surface area contributed by atoms with Crippen molar-refractivity contribution in [2.45, 2.75) is 6.92 Å². The Morgan fingerprint density at radius 1 is 0.821 bits per heavy atom. The molecule has 0 N–H and O–H groups in total. The molecule has 0 fully saturated rings. The SMILES string of the molecule is Cc1ccc(C(=O)c2c(C#Cc3ccccc3)c(I)cc3ccccc23)cc1. The highest BCUT2D eigenvalue weighted by atomic mass is 127. The van der Waals surface area contributed by atoms with Crippen molar-refractivity contribution in [2.75, 3.05) is 0 Å². The summed E-state index contributed by atoms with van der Waals surface area (Å²) in [6, 6.07) is 27.7. The number of benzene rings is 4. The number of ketones is 1. The molecule has 0 aliphatic rings. The van der Waals surface area contributed by atoms with Gasteiger partial charge in [0.05, 0.1) is 5.56 Å². The Morgan fingerprint density at radius 3 is 2.25 bits per heavy atom. The van der Waals surface area contributed by atoms with Crippen molar-refractivity contribution >= 4 is 39.1 Å². The van der Waals surface area contributed by atoms with Crippen LogP contribution in [-0.4, -0.2) is 5.78 Å². The number of aryl methyl sites for hydroxylation is 1. The molecule has 1 nitrogen and oxygen atoms in total. The van der Waals surface area contributed by atoms with Crippen LogP contribution in [0, 0.1) is 22.3 Å². The van der Waals surface area contributed by atoms with Gasteiger partial charge in [-0.25, -0.2) is 0 Å². The second kappa shape index (κ2) is 8.00. The van der Waals surface area contributed by atoms with Gasteiger partial charge in [0.25, 0.3) is 0 Å². The molecule has 0 saturated carbocycles. The maximum Gasteiger partial charge on any atom is 0.194 e. The number of hydrogen-bond acceptors (Lipinski definition) is 1. The fourth-order valence-corrected chi connectivity index (χ4v) is 3.92. The van der Waals surface area contributed by atoms with E-state index in [1.165, 1.54) is 0 Å². The molecule has 28 heavy (non-hydrogen) atoms. The van der Waals surface area contributed by atoms with E-state index in [9.17, 15) is 4.79 Å². The van der Waals surface area contributed by atoms with Crippen LogP contribution in [-0.2, 0) is 0 Å². The van der Waals surface area contributed by atoms with E-state index in [2.05, 4.69) is 40.5 Å². The molecule has 0 aromatic heterocycles. The molecule has 0 aliphatic heterocycles.